The van der Waals surface area contributed by atoms with Crippen LogP contribution in [0.25, 0.3) is 33.4 Å². The van der Waals surface area contributed by atoms with Crippen LogP contribution in [0, 0.1) is 12.8 Å². The van der Waals surface area contributed by atoms with Gasteiger partial charge in [-0.15, -0.1) is 0 Å². The van der Waals surface area contributed by atoms with E-state index in [4.69, 9.17) is 24.2 Å². The fourth-order valence-electron chi connectivity index (χ4n) is 6.65. The summed E-state index contributed by atoms with van der Waals surface area (Å²) < 4.78 is 18.7. The van der Waals surface area contributed by atoms with Gasteiger partial charge in [0.2, 0.25) is 11.8 Å². The Morgan fingerprint density at radius 3 is 2.67 bits per heavy atom. The van der Waals surface area contributed by atoms with E-state index in [0.29, 0.717) is 24.9 Å². The Bertz CT molecular complexity index is 1830. The zero-order chi connectivity index (χ0) is 31.6. The molecule has 0 aliphatic carbocycles. The molecule has 5 heterocycles. The quantitative estimate of drug-likeness (QED) is 0.252. The third-order valence-corrected chi connectivity index (χ3v) is 9.12. The molecule has 3 aromatic heterocycles. The number of fused-ring (bicyclic) bond motifs is 1. The van der Waals surface area contributed by atoms with Crippen molar-refractivity contribution in [3.05, 3.63) is 78.6 Å². The minimum atomic E-state index is -0.266. The van der Waals surface area contributed by atoms with Gasteiger partial charge < -0.3 is 28.7 Å². The molecule has 1 N–H and O–H groups in total. The summed E-state index contributed by atoms with van der Waals surface area (Å²) in [7, 11) is 3.26. The standard InChI is InChI=1S/C35H39N7O4/c1-23-38-29-10-9-27(44-2)16-31(29)42(23)21-33(43)41-13-12-40(19-24-11-14-46-22-24)20-32(41)34-36-18-30(39-34)28-15-26(17-37-35(28)45-3)25-7-5-4-6-8-25/h4-10,15-18,24,32H,11-14,19-22H2,1-3H3,(H,36,39)/t24?,32-/m0/s1. The number of carbonyl (C=O) groups excluding carboxylic acids is 1. The number of amides is 1. The fraction of sp³-hybridized carbons (Fsp3) is 0.371. The predicted octanol–water partition coefficient (Wildman–Crippen LogP) is 4.74. The van der Waals surface area contributed by atoms with Crippen molar-refractivity contribution in [2.75, 3.05) is 53.6 Å². The maximum absolute atomic E-state index is 14.2. The average Bonchev–Trinajstić information content (AvgIpc) is 3.86. The van der Waals surface area contributed by atoms with E-state index < -0.39 is 0 Å². The van der Waals surface area contributed by atoms with Crippen molar-refractivity contribution in [2.24, 2.45) is 5.92 Å². The van der Waals surface area contributed by atoms with Crippen LogP contribution in [0.1, 0.15) is 24.1 Å². The number of hydrogen-bond acceptors (Lipinski definition) is 8. The van der Waals surface area contributed by atoms with Gasteiger partial charge >= 0.3 is 0 Å². The number of aromatic nitrogens is 5. The molecule has 1 unspecified atom stereocenters. The molecule has 0 spiro atoms. The average molecular weight is 622 g/mol. The summed E-state index contributed by atoms with van der Waals surface area (Å²) in [6.45, 7) is 6.71. The molecular formula is C35H39N7O4. The first-order valence-electron chi connectivity index (χ1n) is 15.8. The maximum atomic E-state index is 14.2. The maximum Gasteiger partial charge on any atom is 0.243 e. The predicted molar refractivity (Wildman–Crippen MR) is 175 cm³/mol. The van der Waals surface area contributed by atoms with E-state index in [0.717, 1.165) is 83.5 Å². The van der Waals surface area contributed by atoms with Crippen molar-refractivity contribution < 1.29 is 19.0 Å². The summed E-state index contributed by atoms with van der Waals surface area (Å²) in [6.07, 6.45) is 4.70. The fourth-order valence-corrected chi connectivity index (χ4v) is 6.65. The van der Waals surface area contributed by atoms with Crippen LogP contribution in [-0.2, 0) is 16.1 Å². The van der Waals surface area contributed by atoms with E-state index in [1.807, 2.05) is 65.2 Å². The zero-order valence-electron chi connectivity index (χ0n) is 26.5. The van der Waals surface area contributed by atoms with Crippen molar-refractivity contribution >= 4 is 16.9 Å². The van der Waals surface area contributed by atoms with Crippen LogP contribution >= 0.6 is 0 Å². The lowest BCUT2D eigenvalue weighted by atomic mass is 10.0. The highest BCUT2D eigenvalue weighted by Gasteiger charge is 2.35. The van der Waals surface area contributed by atoms with Crippen molar-refractivity contribution in [2.45, 2.75) is 25.9 Å². The number of pyridine rings is 1. The van der Waals surface area contributed by atoms with Crippen LogP contribution in [0.5, 0.6) is 11.6 Å². The van der Waals surface area contributed by atoms with E-state index in [-0.39, 0.29) is 18.5 Å². The number of rotatable bonds is 9. The van der Waals surface area contributed by atoms with Crippen LogP contribution in [0.3, 0.4) is 0 Å². The molecule has 0 saturated carbocycles. The van der Waals surface area contributed by atoms with E-state index in [1.54, 1.807) is 14.2 Å². The molecule has 11 nitrogen and oxygen atoms in total. The second kappa shape index (κ2) is 12.9. The Morgan fingerprint density at radius 1 is 1.02 bits per heavy atom. The molecule has 2 fully saturated rings. The highest BCUT2D eigenvalue weighted by atomic mass is 16.5. The summed E-state index contributed by atoms with van der Waals surface area (Å²) in [5, 5.41) is 0. The first-order chi connectivity index (χ1) is 22.5. The van der Waals surface area contributed by atoms with Crippen LogP contribution in [0.2, 0.25) is 0 Å². The number of H-pyrrole nitrogens is 1. The Hall–Kier alpha value is -4.74. The summed E-state index contributed by atoms with van der Waals surface area (Å²) in [6, 6.07) is 17.7. The molecule has 0 radical (unpaired) electrons. The van der Waals surface area contributed by atoms with Gasteiger partial charge in [0, 0.05) is 50.6 Å². The lowest BCUT2D eigenvalue weighted by molar-refractivity contribution is -0.137. The van der Waals surface area contributed by atoms with Crippen molar-refractivity contribution in [3.63, 3.8) is 0 Å². The molecule has 2 saturated heterocycles. The summed E-state index contributed by atoms with van der Waals surface area (Å²) >= 11 is 0. The van der Waals surface area contributed by atoms with Gasteiger partial charge in [-0.05, 0) is 43.0 Å². The van der Waals surface area contributed by atoms with E-state index in [2.05, 4.69) is 33.1 Å². The van der Waals surface area contributed by atoms with E-state index >= 15 is 0 Å². The molecule has 11 heteroatoms. The number of ether oxygens (including phenoxy) is 3. The van der Waals surface area contributed by atoms with Gasteiger partial charge in [0.1, 0.15) is 30.0 Å². The number of imidazole rings is 2. The number of nitrogens with zero attached hydrogens (tertiary/aromatic N) is 6. The van der Waals surface area contributed by atoms with Crippen LogP contribution < -0.4 is 9.47 Å². The van der Waals surface area contributed by atoms with Gasteiger partial charge in [-0.3, -0.25) is 9.69 Å². The molecule has 1 amide bonds. The smallest absolute Gasteiger partial charge is 0.243 e. The minimum Gasteiger partial charge on any atom is -0.497 e. The Labute approximate surface area is 268 Å². The monoisotopic (exact) mass is 621 g/mol. The van der Waals surface area contributed by atoms with Crippen LogP contribution in [0.4, 0.5) is 0 Å². The van der Waals surface area contributed by atoms with Gasteiger partial charge in [0.05, 0.1) is 49.3 Å². The number of nitrogens with one attached hydrogen (secondary N) is 1. The van der Waals surface area contributed by atoms with Gasteiger partial charge in [0.25, 0.3) is 0 Å². The largest absolute Gasteiger partial charge is 0.497 e. The Morgan fingerprint density at radius 2 is 1.89 bits per heavy atom. The first kappa shape index (κ1) is 29.9. The number of methoxy groups -OCH3 is 2. The van der Waals surface area contributed by atoms with Gasteiger partial charge in [-0.25, -0.2) is 15.0 Å². The first-order valence-corrected chi connectivity index (χ1v) is 15.8. The van der Waals surface area contributed by atoms with Crippen molar-refractivity contribution in [3.8, 4) is 34.0 Å². The highest BCUT2D eigenvalue weighted by molar-refractivity contribution is 5.82. The summed E-state index contributed by atoms with van der Waals surface area (Å²) in [5.41, 5.74) is 5.35. The minimum absolute atomic E-state index is 0.0161. The topological polar surface area (TPSA) is 111 Å². The molecule has 238 valence electrons. The number of benzene rings is 2. The molecule has 7 rings (SSSR count). The van der Waals surface area contributed by atoms with Gasteiger partial charge in [-0.1, -0.05) is 30.3 Å². The lowest BCUT2D eigenvalue weighted by Gasteiger charge is -2.41. The Kier molecular flexibility index (Phi) is 8.42. The number of piperazine rings is 1. The number of hydrogen-bond donors (Lipinski definition) is 1. The summed E-state index contributed by atoms with van der Waals surface area (Å²) in [4.78, 5) is 36.3. The SMILES string of the molecule is COc1ccc2nc(C)n(CC(=O)N3CCN(CC4CCOC4)C[C@H]3c3ncc(-c4cc(-c5ccccc5)cnc4OC)[nH]3)c2c1. The number of aryl methyl sites for hydroxylation is 1. The second-order valence-corrected chi connectivity index (χ2v) is 12.0. The molecule has 2 aliphatic rings. The third-order valence-electron chi connectivity index (χ3n) is 9.12. The van der Waals surface area contributed by atoms with Crippen LogP contribution in [-0.4, -0.2) is 93.8 Å². The number of aromatic amines is 1. The molecule has 0 bridgehead atoms. The van der Waals surface area contributed by atoms with Crippen molar-refractivity contribution in [1.82, 2.24) is 34.3 Å². The Balaban J connectivity index is 1.20. The molecule has 2 atom stereocenters. The van der Waals surface area contributed by atoms with Crippen molar-refractivity contribution in [1.29, 1.82) is 0 Å². The molecule has 5 aromatic rings. The van der Waals surface area contributed by atoms with Gasteiger partial charge in [0.15, 0.2) is 0 Å². The zero-order valence-corrected chi connectivity index (χ0v) is 26.5. The van der Waals surface area contributed by atoms with E-state index in [1.165, 1.54) is 0 Å². The summed E-state index contributed by atoms with van der Waals surface area (Å²) in [5.74, 6) is 3.27. The number of carbonyl (C=O) groups is 1. The molecule has 46 heavy (non-hydrogen) atoms. The molecule has 2 aromatic carbocycles. The third kappa shape index (κ3) is 5.95. The molecular weight excluding hydrogens is 582 g/mol. The normalized spacial score (nSPS) is 18.7. The molecule has 2 aliphatic heterocycles. The van der Waals surface area contributed by atoms with E-state index in [9.17, 15) is 4.79 Å². The van der Waals surface area contributed by atoms with Crippen LogP contribution in [0.15, 0.2) is 67.0 Å². The van der Waals surface area contributed by atoms with Gasteiger partial charge in [-0.2, -0.15) is 0 Å². The lowest BCUT2D eigenvalue weighted by Crippen LogP contribution is -2.52. The second-order valence-electron chi connectivity index (χ2n) is 12.0. The highest BCUT2D eigenvalue weighted by Crippen LogP contribution is 2.34.